The molecule has 0 aliphatic rings. The van der Waals surface area contributed by atoms with Gasteiger partial charge in [0.15, 0.2) is 0 Å². The van der Waals surface area contributed by atoms with Crippen LogP contribution in [0.5, 0.6) is 0 Å². The summed E-state index contributed by atoms with van der Waals surface area (Å²) >= 11 is 5.56. The number of sulfonamides is 1. The maximum absolute atomic E-state index is 13.4. The Balaban J connectivity index is 1.70. The zero-order chi connectivity index (χ0) is 18.7. The van der Waals surface area contributed by atoms with Crippen molar-refractivity contribution >= 4 is 27.5 Å². The van der Waals surface area contributed by atoms with E-state index in [1.54, 1.807) is 12.1 Å². The fourth-order valence-corrected chi connectivity index (χ4v) is 3.36. The number of nitrogens with zero attached hydrogens (tertiary/aromatic N) is 2. The van der Waals surface area contributed by atoms with Crippen LogP contribution in [0, 0.1) is 5.82 Å². The monoisotopic (exact) mass is 395 g/mol. The van der Waals surface area contributed by atoms with E-state index >= 15 is 0 Å². The summed E-state index contributed by atoms with van der Waals surface area (Å²) in [5.41, 5.74) is 0.901. The summed E-state index contributed by atoms with van der Waals surface area (Å²) in [6.07, 6.45) is 1.17. The molecule has 0 aliphatic carbocycles. The lowest BCUT2D eigenvalue weighted by Crippen LogP contribution is -2.31. The number of hydrogen-bond donors (Lipinski definition) is 1. The van der Waals surface area contributed by atoms with Gasteiger partial charge in [-0.2, -0.15) is 4.98 Å². The zero-order valence-corrected chi connectivity index (χ0v) is 14.6. The highest BCUT2D eigenvalue weighted by molar-refractivity contribution is 7.89. The first-order valence-corrected chi connectivity index (χ1v) is 9.23. The van der Waals surface area contributed by atoms with Gasteiger partial charge in [0.2, 0.25) is 22.2 Å². The highest BCUT2D eigenvalue weighted by Crippen LogP contribution is 2.18. The number of amides is 1. The van der Waals surface area contributed by atoms with Crippen molar-refractivity contribution in [2.24, 2.45) is 0 Å². The Labute approximate surface area is 152 Å². The third kappa shape index (κ3) is 4.24. The highest BCUT2D eigenvalue weighted by Gasteiger charge is 2.18. The predicted octanol–water partition coefficient (Wildman–Crippen LogP) is 2.79. The van der Waals surface area contributed by atoms with Crippen LogP contribution in [-0.4, -0.2) is 24.5 Å². The van der Waals surface area contributed by atoms with Crippen LogP contribution in [0.2, 0.25) is 5.02 Å². The molecule has 0 aliphatic heterocycles. The lowest BCUT2D eigenvalue weighted by atomic mass is 10.1. The lowest BCUT2D eigenvalue weighted by Gasteiger charge is -2.08. The van der Waals surface area contributed by atoms with Gasteiger partial charge in [0.1, 0.15) is 5.82 Å². The third-order valence-corrected chi connectivity index (χ3v) is 4.87. The van der Waals surface area contributed by atoms with Crippen molar-refractivity contribution in [3.8, 4) is 11.4 Å². The SMILES string of the molecule is O=C(NS(=O)(=O)Cc1ccc(Cl)c(F)c1)c1ccc(-c2ncon2)cc1. The first-order chi connectivity index (χ1) is 12.3. The predicted molar refractivity (Wildman–Crippen MR) is 91.2 cm³/mol. The summed E-state index contributed by atoms with van der Waals surface area (Å²) in [6, 6.07) is 9.60. The molecule has 26 heavy (non-hydrogen) atoms. The molecule has 0 saturated carbocycles. The lowest BCUT2D eigenvalue weighted by molar-refractivity contribution is 0.0981. The molecule has 2 aromatic carbocycles. The van der Waals surface area contributed by atoms with Crippen LogP contribution in [0.25, 0.3) is 11.4 Å². The Hall–Kier alpha value is -2.78. The van der Waals surface area contributed by atoms with Gasteiger partial charge in [-0.3, -0.25) is 4.79 Å². The first kappa shape index (κ1) is 18.0. The van der Waals surface area contributed by atoms with Crippen LogP contribution in [-0.2, 0) is 15.8 Å². The number of rotatable bonds is 5. The summed E-state index contributed by atoms with van der Waals surface area (Å²) in [6.45, 7) is 0. The largest absolute Gasteiger partial charge is 0.342 e. The molecule has 134 valence electrons. The van der Waals surface area contributed by atoms with Gasteiger partial charge < -0.3 is 4.52 Å². The minimum atomic E-state index is -4.01. The van der Waals surface area contributed by atoms with Gasteiger partial charge in [-0.15, -0.1) is 0 Å². The number of hydrogen-bond acceptors (Lipinski definition) is 6. The van der Waals surface area contributed by atoms with Gasteiger partial charge in [0, 0.05) is 11.1 Å². The van der Waals surface area contributed by atoms with Gasteiger partial charge >= 0.3 is 0 Å². The zero-order valence-electron chi connectivity index (χ0n) is 13.0. The van der Waals surface area contributed by atoms with Gasteiger partial charge in [-0.25, -0.2) is 17.5 Å². The molecule has 1 N–H and O–H groups in total. The maximum atomic E-state index is 13.4. The summed E-state index contributed by atoms with van der Waals surface area (Å²) < 4.78 is 44.2. The molecule has 10 heteroatoms. The molecule has 1 amide bonds. The number of benzene rings is 2. The van der Waals surface area contributed by atoms with Crippen LogP contribution in [0.3, 0.4) is 0 Å². The van der Waals surface area contributed by atoms with E-state index in [1.807, 2.05) is 4.72 Å². The van der Waals surface area contributed by atoms with Crippen LogP contribution in [0.4, 0.5) is 4.39 Å². The van der Waals surface area contributed by atoms with E-state index in [9.17, 15) is 17.6 Å². The van der Waals surface area contributed by atoms with Crippen LogP contribution >= 0.6 is 11.6 Å². The molecule has 0 radical (unpaired) electrons. The summed E-state index contributed by atoms with van der Waals surface area (Å²) in [4.78, 5) is 16.0. The van der Waals surface area contributed by atoms with Crippen LogP contribution in [0.15, 0.2) is 53.4 Å². The second kappa shape index (κ2) is 7.22. The molecule has 0 spiro atoms. The molecule has 1 aromatic heterocycles. The highest BCUT2D eigenvalue weighted by atomic mass is 35.5. The molecule has 0 saturated heterocycles. The Bertz CT molecular complexity index is 1040. The number of carbonyl (C=O) groups is 1. The van der Waals surface area contributed by atoms with Crippen molar-refractivity contribution in [1.29, 1.82) is 0 Å². The Morgan fingerprint density at radius 1 is 1.19 bits per heavy atom. The molecule has 0 unspecified atom stereocenters. The molecule has 1 heterocycles. The second-order valence-corrected chi connectivity index (χ2v) is 7.40. The molecule has 0 fully saturated rings. The molecule has 0 bridgehead atoms. The molecular formula is C16H11ClFN3O4S. The van der Waals surface area contributed by atoms with Crippen molar-refractivity contribution in [3.63, 3.8) is 0 Å². The second-order valence-electron chi connectivity index (χ2n) is 5.27. The molecule has 3 rings (SSSR count). The minimum absolute atomic E-state index is 0.114. The van der Waals surface area contributed by atoms with Gasteiger partial charge in [0.05, 0.1) is 10.8 Å². The maximum Gasteiger partial charge on any atom is 0.264 e. The summed E-state index contributed by atoms with van der Waals surface area (Å²) in [5, 5.41) is 3.54. The van der Waals surface area contributed by atoms with E-state index in [2.05, 4.69) is 14.7 Å². The van der Waals surface area contributed by atoms with Crippen molar-refractivity contribution in [1.82, 2.24) is 14.9 Å². The fourth-order valence-electron chi connectivity index (χ4n) is 2.15. The Morgan fingerprint density at radius 3 is 2.54 bits per heavy atom. The Kier molecular flexibility index (Phi) is 5.01. The van der Waals surface area contributed by atoms with E-state index in [4.69, 9.17) is 11.6 Å². The smallest absolute Gasteiger partial charge is 0.264 e. The van der Waals surface area contributed by atoms with Crippen molar-refractivity contribution in [3.05, 3.63) is 70.8 Å². The average Bonchev–Trinajstić information content (AvgIpc) is 3.12. The van der Waals surface area contributed by atoms with E-state index in [0.29, 0.717) is 11.4 Å². The van der Waals surface area contributed by atoms with Crippen LogP contribution < -0.4 is 4.72 Å². The quantitative estimate of drug-likeness (QED) is 0.712. The van der Waals surface area contributed by atoms with Crippen LogP contribution in [0.1, 0.15) is 15.9 Å². The van der Waals surface area contributed by atoms with Crippen molar-refractivity contribution < 1.29 is 22.1 Å². The first-order valence-electron chi connectivity index (χ1n) is 7.19. The topological polar surface area (TPSA) is 102 Å². The number of aromatic nitrogens is 2. The fraction of sp³-hybridized carbons (Fsp3) is 0.0625. The summed E-state index contributed by atoms with van der Waals surface area (Å²) in [7, 11) is -4.01. The average molecular weight is 396 g/mol. The number of nitrogens with one attached hydrogen (secondary N) is 1. The molecule has 3 aromatic rings. The van der Waals surface area contributed by atoms with E-state index in [1.165, 1.54) is 30.7 Å². The van der Waals surface area contributed by atoms with Crippen molar-refractivity contribution in [2.75, 3.05) is 0 Å². The minimum Gasteiger partial charge on any atom is -0.342 e. The van der Waals surface area contributed by atoms with Gasteiger partial charge in [-0.1, -0.05) is 35.0 Å². The summed E-state index contributed by atoms with van der Waals surface area (Å²) in [5.74, 6) is -1.76. The van der Waals surface area contributed by atoms with E-state index in [0.717, 1.165) is 6.07 Å². The molecule has 7 nitrogen and oxygen atoms in total. The van der Waals surface area contributed by atoms with E-state index < -0.39 is 27.5 Å². The van der Waals surface area contributed by atoms with Crippen molar-refractivity contribution in [2.45, 2.75) is 5.75 Å². The molecule has 0 atom stereocenters. The van der Waals surface area contributed by atoms with Gasteiger partial charge in [-0.05, 0) is 29.8 Å². The third-order valence-electron chi connectivity index (χ3n) is 3.36. The normalized spacial score (nSPS) is 11.3. The number of halogens is 2. The molecular weight excluding hydrogens is 385 g/mol. The number of carbonyl (C=O) groups excluding carboxylic acids is 1. The van der Waals surface area contributed by atoms with Gasteiger partial charge in [0.25, 0.3) is 5.91 Å². The standard InChI is InChI=1S/C16H11ClFN3O4S/c17-13-6-1-10(7-14(13)18)8-26(23,24)21-16(22)12-4-2-11(3-5-12)15-19-9-25-20-15/h1-7,9H,8H2,(H,21,22). The Morgan fingerprint density at radius 2 is 1.92 bits per heavy atom. The van der Waals surface area contributed by atoms with E-state index in [-0.39, 0.29) is 16.1 Å².